The third-order valence-electron chi connectivity index (χ3n) is 4.39. The molecule has 3 N–H and O–H groups in total. The Bertz CT molecular complexity index is 819. The molecular weight excluding hydrogens is 445 g/mol. The van der Waals surface area contributed by atoms with Crippen molar-refractivity contribution in [2.75, 3.05) is 40.8 Å². The number of esters is 1. The summed E-state index contributed by atoms with van der Waals surface area (Å²) in [5.74, 6) is -1.20. The molecule has 12 nitrogen and oxygen atoms in total. The molecule has 0 radical (unpaired) electrons. The number of carboxylic acids is 1. The van der Waals surface area contributed by atoms with Gasteiger partial charge in [0.25, 0.3) is 0 Å². The van der Waals surface area contributed by atoms with Crippen molar-refractivity contribution in [2.45, 2.75) is 26.0 Å². The average molecular weight is 475 g/mol. The molecule has 0 spiro atoms. The van der Waals surface area contributed by atoms with Crippen molar-refractivity contribution in [3.63, 3.8) is 0 Å². The first-order valence-electron chi connectivity index (χ1n) is 9.70. The number of amides is 1. The number of ether oxygens (including phenoxy) is 2. The minimum absolute atomic E-state index is 0.00902. The molecule has 2 atom stereocenters. The zero-order valence-corrected chi connectivity index (χ0v) is 19.4. The molecule has 32 heavy (non-hydrogen) atoms. The number of carbonyl (C=O) groups excluding carboxylic acids is 2. The number of carbonyl (C=O) groups is 3. The fourth-order valence-electron chi connectivity index (χ4n) is 2.31. The highest BCUT2D eigenvalue weighted by Crippen LogP contribution is 2.44. The fourth-order valence-corrected chi connectivity index (χ4v) is 3.19. The highest BCUT2D eigenvalue weighted by Gasteiger charge is 2.27. The van der Waals surface area contributed by atoms with Gasteiger partial charge in [0, 0.05) is 27.1 Å². The first-order valence-corrected chi connectivity index (χ1v) is 11.2. The van der Waals surface area contributed by atoms with Gasteiger partial charge in [-0.25, -0.2) is 14.0 Å². The molecule has 1 aromatic carbocycles. The lowest BCUT2D eigenvalue weighted by atomic mass is 10.2. The third-order valence-corrected chi connectivity index (χ3v) is 5.97. The van der Waals surface area contributed by atoms with Crippen LogP contribution in [0.5, 0.6) is 5.75 Å². The molecule has 13 heteroatoms. The molecule has 0 aliphatic carbocycles. The summed E-state index contributed by atoms with van der Waals surface area (Å²) in [4.78, 5) is 45.2. The van der Waals surface area contributed by atoms with Gasteiger partial charge in [0.05, 0.1) is 6.61 Å². The van der Waals surface area contributed by atoms with Crippen molar-refractivity contribution in [3.05, 3.63) is 29.8 Å². The monoisotopic (exact) mass is 475 g/mol. The normalized spacial score (nSPS) is 13.8. The van der Waals surface area contributed by atoms with E-state index in [9.17, 15) is 23.8 Å². The number of likely N-dealkylation sites (N-methyl/N-ethyl adjacent to an activating group) is 3. The Morgan fingerprint density at radius 3 is 2.31 bits per heavy atom. The topological polar surface area (TPSA) is 155 Å². The zero-order valence-electron chi connectivity index (χ0n) is 18.5. The highest BCUT2D eigenvalue weighted by molar-refractivity contribution is 7.50. The minimum atomic E-state index is -4.15. The number of hydrogen-bond donors (Lipinski definition) is 3. The number of rotatable bonds is 13. The van der Waals surface area contributed by atoms with Crippen LogP contribution < -0.4 is 10.1 Å². The predicted molar refractivity (Wildman–Crippen MR) is 114 cm³/mol. The van der Waals surface area contributed by atoms with E-state index in [0.29, 0.717) is 0 Å². The van der Waals surface area contributed by atoms with Crippen LogP contribution in [0.4, 0.5) is 4.79 Å². The number of hydrogen-bond acceptors (Lipinski definition) is 8. The molecule has 0 aromatic heterocycles. The van der Waals surface area contributed by atoms with Gasteiger partial charge in [-0.05, 0) is 38.2 Å². The van der Waals surface area contributed by atoms with E-state index in [1.165, 1.54) is 33.0 Å². The second kappa shape index (κ2) is 13.1. The molecule has 0 bridgehead atoms. The lowest BCUT2D eigenvalue weighted by molar-refractivity contribution is -0.142. The molecule has 0 fully saturated rings. The van der Waals surface area contributed by atoms with Crippen molar-refractivity contribution in [1.29, 1.82) is 0 Å². The van der Waals surface area contributed by atoms with E-state index in [1.54, 1.807) is 24.3 Å². The van der Waals surface area contributed by atoms with E-state index in [4.69, 9.17) is 19.1 Å². The Morgan fingerprint density at radius 2 is 1.78 bits per heavy atom. The maximum absolute atomic E-state index is 12.3. The van der Waals surface area contributed by atoms with Crippen LogP contribution in [0.25, 0.3) is 0 Å². The van der Waals surface area contributed by atoms with Crippen molar-refractivity contribution in [2.24, 2.45) is 0 Å². The summed E-state index contributed by atoms with van der Waals surface area (Å²) < 4.78 is 28.4. The molecular formula is C19H30N3O9P. The van der Waals surface area contributed by atoms with Crippen LogP contribution in [0.1, 0.15) is 18.9 Å². The molecule has 0 aliphatic heterocycles. The van der Waals surface area contributed by atoms with E-state index in [-0.39, 0.29) is 38.5 Å². The van der Waals surface area contributed by atoms with E-state index in [0.717, 1.165) is 10.2 Å². The van der Waals surface area contributed by atoms with Gasteiger partial charge in [-0.3, -0.25) is 14.1 Å². The largest absolute Gasteiger partial charge is 0.480 e. The summed E-state index contributed by atoms with van der Waals surface area (Å²) in [6, 6.07) is 5.53. The van der Waals surface area contributed by atoms with Crippen LogP contribution in [0.2, 0.25) is 0 Å². The Kier molecular flexibility index (Phi) is 11.3. The van der Waals surface area contributed by atoms with E-state index in [1.807, 2.05) is 0 Å². The molecule has 1 aromatic rings. The Balaban J connectivity index is 2.46. The van der Waals surface area contributed by atoms with Crippen LogP contribution in [0, 0.1) is 0 Å². The van der Waals surface area contributed by atoms with Crippen molar-refractivity contribution < 1.29 is 42.9 Å². The van der Waals surface area contributed by atoms with Crippen molar-refractivity contribution >= 4 is 25.8 Å². The second-order valence-corrected chi connectivity index (χ2v) is 8.81. The smallest absolute Gasteiger partial charge is 0.415 e. The first-order chi connectivity index (χ1) is 15.0. The van der Waals surface area contributed by atoms with Gasteiger partial charge in [-0.1, -0.05) is 12.1 Å². The Labute approximate surface area is 186 Å². The summed E-state index contributed by atoms with van der Waals surface area (Å²) in [7, 11) is 0.140. The van der Waals surface area contributed by atoms with Gasteiger partial charge in [-0.2, -0.15) is 0 Å². The summed E-state index contributed by atoms with van der Waals surface area (Å²) in [5, 5.41) is 11.5. The Hall–Kier alpha value is -2.50. The van der Waals surface area contributed by atoms with Crippen LogP contribution in [0.15, 0.2) is 24.3 Å². The van der Waals surface area contributed by atoms with Gasteiger partial charge in [-0.15, -0.1) is 0 Å². The van der Waals surface area contributed by atoms with E-state index >= 15 is 0 Å². The number of aliphatic carboxylic acids is 1. The highest BCUT2D eigenvalue weighted by atomic mass is 31.2. The Morgan fingerprint density at radius 1 is 1.16 bits per heavy atom. The SMILES string of the molecule is CN[C@@H](CCOP(=O)(O)N(C)CCN(C)C(=O)Oc1ccc(COC(C)=O)cc1)C(=O)O. The third kappa shape index (κ3) is 9.75. The van der Waals surface area contributed by atoms with Gasteiger partial charge in [0.2, 0.25) is 0 Å². The lowest BCUT2D eigenvalue weighted by Crippen LogP contribution is -2.36. The number of nitrogens with one attached hydrogen (secondary N) is 1. The number of nitrogens with zero attached hydrogens (tertiary/aromatic N) is 2. The van der Waals surface area contributed by atoms with Gasteiger partial charge >= 0.3 is 25.8 Å². The standard InChI is InChI=1S/C19H30N3O9P/c1-14(23)29-13-15-5-7-16(8-6-15)31-19(26)21(3)10-11-22(4)32(27,28)30-12-9-17(20-2)18(24)25/h5-8,17,20H,9-13H2,1-4H3,(H,24,25)(H,27,28)/t17-/m0/s1. The van der Waals surface area contributed by atoms with Crippen molar-refractivity contribution in [3.8, 4) is 5.75 Å². The summed E-state index contributed by atoms with van der Waals surface area (Å²) in [5.41, 5.74) is 0.734. The molecule has 1 rings (SSSR count). The summed E-state index contributed by atoms with van der Waals surface area (Å²) in [6.07, 6.45) is -0.658. The second-order valence-electron chi connectivity index (χ2n) is 6.89. The maximum Gasteiger partial charge on any atom is 0.415 e. The van der Waals surface area contributed by atoms with Gasteiger partial charge < -0.3 is 29.7 Å². The molecule has 1 unspecified atom stereocenters. The first kappa shape index (κ1) is 27.5. The van der Waals surface area contributed by atoms with Gasteiger partial charge in [0.1, 0.15) is 18.4 Å². The van der Waals surface area contributed by atoms with Crippen LogP contribution in [-0.2, 0) is 30.0 Å². The quantitative estimate of drug-likeness (QED) is 0.279. The zero-order chi connectivity index (χ0) is 24.3. The predicted octanol–water partition coefficient (Wildman–Crippen LogP) is 1.29. The molecule has 1 amide bonds. The van der Waals surface area contributed by atoms with Gasteiger partial charge in [0.15, 0.2) is 0 Å². The lowest BCUT2D eigenvalue weighted by Gasteiger charge is -2.25. The molecule has 0 aliphatic rings. The van der Waals surface area contributed by atoms with Crippen LogP contribution in [-0.4, -0.2) is 84.5 Å². The summed E-state index contributed by atoms with van der Waals surface area (Å²) in [6.45, 7) is 1.27. The molecule has 180 valence electrons. The molecule has 0 saturated heterocycles. The maximum atomic E-state index is 12.3. The van der Waals surface area contributed by atoms with E-state index in [2.05, 4.69) is 5.32 Å². The fraction of sp³-hybridized carbons (Fsp3) is 0.526. The van der Waals surface area contributed by atoms with E-state index < -0.39 is 31.8 Å². The van der Waals surface area contributed by atoms with Crippen LogP contribution >= 0.6 is 7.75 Å². The minimum Gasteiger partial charge on any atom is -0.480 e. The average Bonchev–Trinajstić information content (AvgIpc) is 2.73. The number of carboxylic acid groups (broad SMARTS) is 1. The summed E-state index contributed by atoms with van der Waals surface area (Å²) >= 11 is 0. The van der Waals surface area contributed by atoms with Crippen molar-refractivity contribution in [1.82, 2.24) is 14.9 Å². The molecule has 0 saturated carbocycles. The van der Waals surface area contributed by atoms with Crippen LogP contribution in [0.3, 0.4) is 0 Å². The number of benzene rings is 1. The molecule has 0 heterocycles.